The Bertz CT molecular complexity index is 347. The molecule has 1 aliphatic rings. The Morgan fingerprint density at radius 3 is 2.24 bits per heavy atom. The maximum atomic E-state index is 11.5. The van der Waals surface area contributed by atoms with Crippen molar-refractivity contribution in [2.75, 3.05) is 19.8 Å². The average molecular weight is 239 g/mol. The molecule has 0 saturated heterocycles. The summed E-state index contributed by atoms with van der Waals surface area (Å²) in [6.45, 7) is 5.82. The molecule has 0 aromatic carbocycles. The molecule has 0 aromatic rings. The van der Waals surface area contributed by atoms with E-state index in [1.807, 2.05) is 20.8 Å². The lowest BCUT2D eigenvalue weighted by Gasteiger charge is -2.17. The summed E-state index contributed by atoms with van der Waals surface area (Å²) in [5.74, 6) is -0.670. The van der Waals surface area contributed by atoms with E-state index in [4.69, 9.17) is 4.74 Å². The monoisotopic (exact) mass is 239 g/mol. The Hall–Kier alpha value is -1.49. The molecular weight excluding hydrogens is 222 g/mol. The first kappa shape index (κ1) is 13.6. The van der Waals surface area contributed by atoms with E-state index in [-0.39, 0.29) is 37.4 Å². The zero-order valence-corrected chi connectivity index (χ0v) is 10.4. The first-order chi connectivity index (χ1) is 7.82. The normalized spacial score (nSPS) is 15.8. The quantitative estimate of drug-likeness (QED) is 0.519. The highest BCUT2D eigenvalue weighted by molar-refractivity contribution is 6.12. The summed E-state index contributed by atoms with van der Waals surface area (Å²) in [4.78, 5) is 34.9. The van der Waals surface area contributed by atoms with Crippen molar-refractivity contribution in [2.24, 2.45) is 5.41 Å². The van der Waals surface area contributed by atoms with Gasteiger partial charge in [-0.15, -0.1) is 0 Å². The zero-order chi connectivity index (χ0) is 13.1. The van der Waals surface area contributed by atoms with E-state index in [0.29, 0.717) is 0 Å². The lowest BCUT2D eigenvalue weighted by Crippen LogP contribution is -2.34. The Balaban J connectivity index is 2.24. The van der Waals surface area contributed by atoms with Crippen LogP contribution < -0.4 is 0 Å². The van der Waals surface area contributed by atoms with Crippen molar-refractivity contribution >= 4 is 17.6 Å². The van der Waals surface area contributed by atoms with Gasteiger partial charge in [0.05, 0.1) is 13.2 Å². The molecular formula is C12H17NO4. The lowest BCUT2D eigenvalue weighted by atomic mass is 9.91. The second-order valence-corrected chi connectivity index (χ2v) is 4.89. The van der Waals surface area contributed by atoms with Crippen LogP contribution in [0.15, 0.2) is 12.2 Å². The first-order valence-electron chi connectivity index (χ1n) is 5.47. The molecule has 1 heterocycles. The number of imide groups is 1. The van der Waals surface area contributed by atoms with E-state index >= 15 is 0 Å². The smallest absolute Gasteiger partial charge is 0.253 e. The molecule has 2 amide bonds. The van der Waals surface area contributed by atoms with Crippen LogP contribution in [0.1, 0.15) is 20.8 Å². The summed E-state index contributed by atoms with van der Waals surface area (Å²) < 4.78 is 5.16. The number of carbonyl (C=O) groups is 3. The highest BCUT2D eigenvalue weighted by Gasteiger charge is 2.24. The molecule has 0 aromatic heterocycles. The van der Waals surface area contributed by atoms with Crippen LogP contribution in [0.5, 0.6) is 0 Å². The number of ether oxygens (including phenoxy) is 1. The second kappa shape index (κ2) is 5.23. The van der Waals surface area contributed by atoms with Crippen molar-refractivity contribution in [2.45, 2.75) is 20.8 Å². The average Bonchev–Trinajstić information content (AvgIpc) is 2.53. The van der Waals surface area contributed by atoms with Crippen molar-refractivity contribution in [1.29, 1.82) is 0 Å². The van der Waals surface area contributed by atoms with Gasteiger partial charge in [-0.1, -0.05) is 20.8 Å². The summed E-state index contributed by atoms with van der Waals surface area (Å²) in [6, 6.07) is 0. The molecule has 5 nitrogen and oxygen atoms in total. The van der Waals surface area contributed by atoms with Gasteiger partial charge in [-0.25, -0.2) is 0 Å². The van der Waals surface area contributed by atoms with Crippen LogP contribution in [0.4, 0.5) is 0 Å². The topological polar surface area (TPSA) is 63.7 Å². The van der Waals surface area contributed by atoms with Crippen LogP contribution in [-0.4, -0.2) is 42.3 Å². The van der Waals surface area contributed by atoms with Crippen molar-refractivity contribution in [3.05, 3.63) is 12.2 Å². The van der Waals surface area contributed by atoms with Crippen LogP contribution in [0.25, 0.3) is 0 Å². The molecule has 0 aliphatic carbocycles. The fourth-order valence-electron chi connectivity index (χ4n) is 1.19. The summed E-state index contributed by atoms with van der Waals surface area (Å²) >= 11 is 0. The van der Waals surface area contributed by atoms with E-state index in [0.717, 1.165) is 4.90 Å². The molecule has 5 heteroatoms. The standard InChI is InChI=1S/C12H17NO4/c1-12(2,3)9(14)8-17-7-6-13-10(15)4-5-11(13)16/h4-5H,6-8H2,1-3H3. The minimum atomic E-state index is -0.430. The molecule has 0 fully saturated rings. The summed E-state index contributed by atoms with van der Waals surface area (Å²) in [7, 11) is 0. The van der Waals surface area contributed by atoms with Gasteiger partial charge >= 0.3 is 0 Å². The van der Waals surface area contributed by atoms with Crippen LogP contribution in [0, 0.1) is 5.41 Å². The molecule has 0 saturated carbocycles. The third-order valence-corrected chi connectivity index (χ3v) is 2.43. The molecule has 0 bridgehead atoms. The Morgan fingerprint density at radius 2 is 1.76 bits per heavy atom. The number of nitrogens with zero attached hydrogens (tertiary/aromatic N) is 1. The number of rotatable bonds is 5. The number of hydrogen-bond donors (Lipinski definition) is 0. The van der Waals surface area contributed by atoms with Gasteiger partial charge in [0, 0.05) is 17.6 Å². The predicted octanol–water partition coefficient (Wildman–Crippen LogP) is 0.543. The zero-order valence-electron chi connectivity index (χ0n) is 10.4. The molecule has 0 N–H and O–H groups in total. The SMILES string of the molecule is CC(C)(C)C(=O)COCCN1C(=O)C=CC1=O. The number of hydrogen-bond acceptors (Lipinski definition) is 4. The van der Waals surface area contributed by atoms with E-state index in [1.165, 1.54) is 12.2 Å². The van der Waals surface area contributed by atoms with Crippen LogP contribution in [-0.2, 0) is 19.1 Å². The number of carbonyl (C=O) groups excluding carboxylic acids is 3. The fourth-order valence-corrected chi connectivity index (χ4v) is 1.19. The maximum absolute atomic E-state index is 11.5. The first-order valence-corrected chi connectivity index (χ1v) is 5.47. The van der Waals surface area contributed by atoms with E-state index in [1.54, 1.807) is 0 Å². The van der Waals surface area contributed by atoms with E-state index in [9.17, 15) is 14.4 Å². The summed E-state index contributed by atoms with van der Waals surface area (Å²) in [5.41, 5.74) is -0.430. The minimum Gasteiger partial charge on any atom is -0.372 e. The maximum Gasteiger partial charge on any atom is 0.253 e. The summed E-state index contributed by atoms with van der Waals surface area (Å²) in [5, 5.41) is 0. The number of Topliss-reactive ketones (excluding diaryl/α,β-unsaturated/α-hetero) is 1. The van der Waals surface area contributed by atoms with Crippen molar-refractivity contribution < 1.29 is 19.1 Å². The molecule has 0 radical (unpaired) electrons. The number of amides is 2. The van der Waals surface area contributed by atoms with Gasteiger partial charge in [-0.2, -0.15) is 0 Å². The Labute approximate surface area is 100 Å². The van der Waals surface area contributed by atoms with Crippen LogP contribution in [0.2, 0.25) is 0 Å². The number of ketones is 1. The molecule has 1 rings (SSSR count). The van der Waals surface area contributed by atoms with Gasteiger partial charge in [0.25, 0.3) is 11.8 Å². The highest BCUT2D eigenvalue weighted by atomic mass is 16.5. The van der Waals surface area contributed by atoms with E-state index in [2.05, 4.69) is 0 Å². The Morgan fingerprint density at radius 1 is 1.24 bits per heavy atom. The van der Waals surface area contributed by atoms with E-state index < -0.39 is 5.41 Å². The van der Waals surface area contributed by atoms with Gasteiger partial charge in [0.15, 0.2) is 5.78 Å². The second-order valence-electron chi connectivity index (χ2n) is 4.89. The molecule has 1 aliphatic heterocycles. The van der Waals surface area contributed by atoms with Crippen molar-refractivity contribution in [3.63, 3.8) is 0 Å². The highest BCUT2D eigenvalue weighted by Crippen LogP contribution is 2.14. The van der Waals surface area contributed by atoms with Crippen molar-refractivity contribution in [3.8, 4) is 0 Å². The molecule has 0 spiro atoms. The lowest BCUT2D eigenvalue weighted by molar-refractivity contribution is -0.138. The fraction of sp³-hybridized carbons (Fsp3) is 0.583. The van der Waals surface area contributed by atoms with Gasteiger partial charge in [-0.3, -0.25) is 19.3 Å². The third-order valence-electron chi connectivity index (χ3n) is 2.43. The Kier molecular flexibility index (Phi) is 4.17. The molecule has 17 heavy (non-hydrogen) atoms. The molecule has 0 unspecified atom stereocenters. The predicted molar refractivity (Wildman–Crippen MR) is 61.1 cm³/mol. The summed E-state index contributed by atoms with van der Waals surface area (Å²) in [6.07, 6.45) is 2.45. The van der Waals surface area contributed by atoms with Gasteiger partial charge < -0.3 is 4.74 Å². The van der Waals surface area contributed by atoms with Gasteiger partial charge in [0.2, 0.25) is 0 Å². The van der Waals surface area contributed by atoms with Crippen LogP contribution >= 0.6 is 0 Å². The minimum absolute atomic E-state index is 0.00491. The van der Waals surface area contributed by atoms with Gasteiger partial charge in [0.1, 0.15) is 6.61 Å². The van der Waals surface area contributed by atoms with Crippen molar-refractivity contribution in [1.82, 2.24) is 4.90 Å². The third kappa shape index (κ3) is 3.78. The van der Waals surface area contributed by atoms with Crippen LogP contribution in [0.3, 0.4) is 0 Å². The molecule has 0 atom stereocenters. The van der Waals surface area contributed by atoms with Gasteiger partial charge in [-0.05, 0) is 0 Å². The molecule has 94 valence electrons. The largest absolute Gasteiger partial charge is 0.372 e.